The number of nitrogens with zero attached hydrogens (tertiary/aromatic N) is 3. The molecule has 0 bridgehead atoms. The van der Waals surface area contributed by atoms with Gasteiger partial charge in [0.25, 0.3) is 0 Å². The van der Waals surface area contributed by atoms with E-state index < -0.39 is 0 Å². The van der Waals surface area contributed by atoms with E-state index in [0.29, 0.717) is 25.5 Å². The molecule has 7 nitrogen and oxygen atoms in total. The number of hydrogen-bond donors (Lipinski definition) is 1. The van der Waals surface area contributed by atoms with Crippen LogP contribution in [-0.4, -0.2) is 33.9 Å². The van der Waals surface area contributed by atoms with Crippen LogP contribution < -0.4 is 14.8 Å². The van der Waals surface area contributed by atoms with Gasteiger partial charge in [-0.2, -0.15) is 5.10 Å². The Morgan fingerprint density at radius 1 is 1.14 bits per heavy atom. The van der Waals surface area contributed by atoms with Gasteiger partial charge in [-0.15, -0.1) is 0 Å². The molecule has 0 radical (unpaired) electrons. The van der Waals surface area contributed by atoms with E-state index in [1.54, 1.807) is 17.1 Å². The normalized spacial score (nSPS) is 14.0. The van der Waals surface area contributed by atoms with Crippen molar-refractivity contribution in [3.05, 3.63) is 78.4 Å². The molecule has 1 atom stereocenters. The Hall–Kier alpha value is -3.61. The fourth-order valence-electron chi connectivity index (χ4n) is 2.99. The molecule has 142 valence electrons. The van der Waals surface area contributed by atoms with Crippen LogP contribution in [-0.2, 0) is 11.3 Å². The minimum atomic E-state index is -0.222. The highest BCUT2D eigenvalue weighted by Crippen LogP contribution is 2.31. The second-order valence-electron chi connectivity index (χ2n) is 6.33. The maximum atomic E-state index is 12.5. The van der Waals surface area contributed by atoms with Crippen molar-refractivity contribution in [3.63, 3.8) is 0 Å². The summed E-state index contributed by atoms with van der Waals surface area (Å²) in [6.45, 7) is 1.58. The highest BCUT2D eigenvalue weighted by molar-refractivity contribution is 5.92. The van der Waals surface area contributed by atoms with Gasteiger partial charge in [0.15, 0.2) is 11.5 Å². The lowest BCUT2D eigenvalue weighted by Crippen LogP contribution is -2.30. The van der Waals surface area contributed by atoms with Gasteiger partial charge in [0.1, 0.15) is 25.9 Å². The zero-order chi connectivity index (χ0) is 19.2. The van der Waals surface area contributed by atoms with E-state index in [-0.39, 0.29) is 11.9 Å². The van der Waals surface area contributed by atoms with Crippen LogP contribution in [0.2, 0.25) is 0 Å². The van der Waals surface area contributed by atoms with E-state index >= 15 is 0 Å². The second kappa shape index (κ2) is 8.39. The van der Waals surface area contributed by atoms with Crippen LogP contribution in [0.15, 0.2) is 67.3 Å². The maximum absolute atomic E-state index is 12.5. The average molecular weight is 376 g/mol. The monoisotopic (exact) mass is 376 g/mol. The molecule has 0 aliphatic carbocycles. The standard InChI is InChI=1S/C21H20N4O3/c26-21(9-7-16-6-8-19-20(12-16)28-11-10-27-19)24-18(13-25-15-22-14-23-25)17-4-2-1-3-5-17/h1-9,12,14-15,18H,10-11,13H2,(H,24,26)/b9-7+. The van der Waals surface area contributed by atoms with Crippen LogP contribution in [0.4, 0.5) is 0 Å². The number of rotatable bonds is 6. The van der Waals surface area contributed by atoms with Crippen LogP contribution in [0.1, 0.15) is 17.2 Å². The third-order valence-electron chi connectivity index (χ3n) is 4.35. The molecule has 1 unspecified atom stereocenters. The van der Waals surface area contributed by atoms with Gasteiger partial charge >= 0.3 is 0 Å². The Labute approximate surface area is 162 Å². The Morgan fingerprint density at radius 2 is 1.96 bits per heavy atom. The number of nitrogens with one attached hydrogen (secondary N) is 1. The van der Waals surface area contributed by atoms with Crippen molar-refractivity contribution in [2.45, 2.75) is 12.6 Å². The van der Waals surface area contributed by atoms with Crippen molar-refractivity contribution in [2.75, 3.05) is 13.2 Å². The number of ether oxygens (including phenoxy) is 2. The summed E-state index contributed by atoms with van der Waals surface area (Å²) in [4.78, 5) is 16.5. The SMILES string of the molecule is O=C(/C=C/c1ccc2c(c1)OCCO2)NC(Cn1cncn1)c1ccccc1. The number of carbonyl (C=O) groups excluding carboxylic acids is 1. The Kier molecular flexibility index (Phi) is 5.33. The van der Waals surface area contributed by atoms with Crippen LogP contribution >= 0.6 is 0 Å². The highest BCUT2D eigenvalue weighted by Gasteiger charge is 2.15. The smallest absolute Gasteiger partial charge is 0.244 e. The van der Waals surface area contributed by atoms with Crippen molar-refractivity contribution in [3.8, 4) is 11.5 Å². The molecule has 3 aromatic rings. The molecule has 7 heteroatoms. The van der Waals surface area contributed by atoms with Crippen LogP contribution in [0.5, 0.6) is 11.5 Å². The molecule has 0 saturated carbocycles. The lowest BCUT2D eigenvalue weighted by Gasteiger charge is -2.19. The van der Waals surface area contributed by atoms with E-state index in [1.165, 1.54) is 12.4 Å². The number of carbonyl (C=O) groups is 1. The molecule has 1 aliphatic rings. The Balaban J connectivity index is 1.46. The topological polar surface area (TPSA) is 78.3 Å². The predicted octanol–water partition coefficient (Wildman–Crippen LogP) is 2.62. The zero-order valence-electron chi connectivity index (χ0n) is 15.2. The summed E-state index contributed by atoms with van der Waals surface area (Å²) in [5.41, 5.74) is 1.87. The van der Waals surface area contributed by atoms with Crippen molar-refractivity contribution >= 4 is 12.0 Å². The van der Waals surface area contributed by atoms with Gasteiger partial charge in [-0.3, -0.25) is 9.48 Å². The van der Waals surface area contributed by atoms with Crippen LogP contribution in [0.25, 0.3) is 6.08 Å². The lowest BCUT2D eigenvalue weighted by molar-refractivity contribution is -0.117. The average Bonchev–Trinajstić information content (AvgIpc) is 3.25. The maximum Gasteiger partial charge on any atom is 0.244 e. The summed E-state index contributed by atoms with van der Waals surface area (Å²) in [6.07, 6.45) is 6.38. The first-order valence-corrected chi connectivity index (χ1v) is 9.03. The number of amides is 1. The molecule has 1 aliphatic heterocycles. The molecule has 0 fully saturated rings. The summed E-state index contributed by atoms with van der Waals surface area (Å²) in [7, 11) is 0. The first-order valence-electron chi connectivity index (χ1n) is 9.03. The molecular weight excluding hydrogens is 356 g/mol. The van der Waals surface area contributed by atoms with Crippen molar-refractivity contribution in [1.82, 2.24) is 20.1 Å². The van der Waals surface area contributed by atoms with Crippen LogP contribution in [0.3, 0.4) is 0 Å². The third-order valence-corrected chi connectivity index (χ3v) is 4.35. The third kappa shape index (κ3) is 4.37. The largest absolute Gasteiger partial charge is 0.486 e. The minimum Gasteiger partial charge on any atom is -0.486 e. The number of benzene rings is 2. The fourth-order valence-corrected chi connectivity index (χ4v) is 2.99. The molecule has 1 N–H and O–H groups in total. The van der Waals surface area contributed by atoms with E-state index in [0.717, 1.165) is 16.9 Å². The minimum absolute atomic E-state index is 0.191. The molecule has 4 rings (SSSR count). The number of hydrogen-bond acceptors (Lipinski definition) is 5. The van der Waals surface area contributed by atoms with Gasteiger partial charge < -0.3 is 14.8 Å². The van der Waals surface area contributed by atoms with Gasteiger partial charge in [-0.25, -0.2) is 4.98 Å². The molecule has 0 spiro atoms. The van der Waals surface area contributed by atoms with Gasteiger partial charge in [-0.1, -0.05) is 36.4 Å². The number of fused-ring (bicyclic) bond motifs is 1. The summed E-state index contributed by atoms with van der Waals surface area (Å²) < 4.78 is 12.8. The van der Waals surface area contributed by atoms with Crippen molar-refractivity contribution < 1.29 is 14.3 Å². The lowest BCUT2D eigenvalue weighted by atomic mass is 10.1. The van der Waals surface area contributed by atoms with Crippen molar-refractivity contribution in [2.24, 2.45) is 0 Å². The first kappa shape index (κ1) is 17.8. The summed E-state index contributed by atoms with van der Waals surface area (Å²) in [5.74, 6) is 1.23. The van der Waals surface area contributed by atoms with Crippen LogP contribution in [0, 0.1) is 0 Å². The molecule has 28 heavy (non-hydrogen) atoms. The summed E-state index contributed by atoms with van der Waals surface area (Å²) >= 11 is 0. The van der Waals surface area contributed by atoms with Crippen molar-refractivity contribution in [1.29, 1.82) is 0 Å². The first-order chi connectivity index (χ1) is 13.8. The number of aromatic nitrogens is 3. The molecular formula is C21H20N4O3. The molecule has 0 saturated heterocycles. The predicted molar refractivity (Wildman–Crippen MR) is 104 cm³/mol. The molecule has 2 aromatic carbocycles. The van der Waals surface area contributed by atoms with E-state index in [2.05, 4.69) is 15.4 Å². The Bertz CT molecular complexity index is 955. The van der Waals surface area contributed by atoms with E-state index in [9.17, 15) is 4.79 Å². The highest BCUT2D eigenvalue weighted by atomic mass is 16.6. The van der Waals surface area contributed by atoms with Gasteiger partial charge in [0, 0.05) is 6.08 Å². The van der Waals surface area contributed by atoms with E-state index in [1.807, 2.05) is 48.5 Å². The fraction of sp³-hybridized carbons (Fsp3) is 0.190. The zero-order valence-corrected chi connectivity index (χ0v) is 15.2. The second-order valence-corrected chi connectivity index (χ2v) is 6.33. The Morgan fingerprint density at radius 3 is 2.75 bits per heavy atom. The molecule has 1 amide bonds. The van der Waals surface area contributed by atoms with Gasteiger partial charge in [0.05, 0.1) is 12.6 Å². The quantitative estimate of drug-likeness (QED) is 0.669. The van der Waals surface area contributed by atoms with E-state index in [4.69, 9.17) is 9.47 Å². The molecule has 1 aromatic heterocycles. The van der Waals surface area contributed by atoms with Gasteiger partial charge in [-0.05, 0) is 29.3 Å². The van der Waals surface area contributed by atoms with Gasteiger partial charge in [0.2, 0.25) is 5.91 Å². The summed E-state index contributed by atoms with van der Waals surface area (Å²) in [5, 5.41) is 7.17. The summed E-state index contributed by atoms with van der Waals surface area (Å²) in [6, 6.07) is 15.2. The molecule has 2 heterocycles.